The SMILES string of the molecule is CC1C=Cc2c(sc3c(N)cccc23)C1. The van der Waals surface area contributed by atoms with Gasteiger partial charge in [0.1, 0.15) is 0 Å². The van der Waals surface area contributed by atoms with E-state index in [1.807, 2.05) is 23.5 Å². The van der Waals surface area contributed by atoms with Gasteiger partial charge in [-0.05, 0) is 24.0 Å². The fourth-order valence-electron chi connectivity index (χ4n) is 2.16. The Hall–Kier alpha value is -1.28. The molecule has 0 saturated heterocycles. The Morgan fingerprint density at radius 3 is 3.13 bits per heavy atom. The zero-order chi connectivity index (χ0) is 10.4. The zero-order valence-electron chi connectivity index (χ0n) is 8.66. The van der Waals surface area contributed by atoms with E-state index in [1.165, 1.54) is 20.5 Å². The molecule has 0 amide bonds. The van der Waals surface area contributed by atoms with Crippen molar-refractivity contribution in [2.45, 2.75) is 13.3 Å². The van der Waals surface area contributed by atoms with Crippen LogP contribution in [0.5, 0.6) is 0 Å². The summed E-state index contributed by atoms with van der Waals surface area (Å²) in [6.45, 7) is 2.26. The maximum Gasteiger partial charge on any atom is 0.0581 e. The molecule has 2 aromatic rings. The van der Waals surface area contributed by atoms with Crippen molar-refractivity contribution in [2.24, 2.45) is 5.92 Å². The highest BCUT2D eigenvalue weighted by atomic mass is 32.1. The van der Waals surface area contributed by atoms with Crippen molar-refractivity contribution in [3.05, 3.63) is 34.7 Å². The number of benzene rings is 1. The molecule has 76 valence electrons. The van der Waals surface area contributed by atoms with Gasteiger partial charge >= 0.3 is 0 Å². The summed E-state index contributed by atoms with van der Waals surface area (Å²) in [5.74, 6) is 0.659. The first-order valence-corrected chi connectivity index (χ1v) is 6.05. The second kappa shape index (κ2) is 3.11. The lowest BCUT2D eigenvalue weighted by Crippen LogP contribution is -1.99. The summed E-state index contributed by atoms with van der Waals surface area (Å²) in [4.78, 5) is 1.48. The van der Waals surface area contributed by atoms with Gasteiger partial charge in [-0.15, -0.1) is 11.3 Å². The van der Waals surface area contributed by atoms with Crippen molar-refractivity contribution in [2.75, 3.05) is 5.73 Å². The first-order valence-electron chi connectivity index (χ1n) is 5.24. The van der Waals surface area contributed by atoms with Gasteiger partial charge in [0.2, 0.25) is 0 Å². The molecule has 0 aliphatic heterocycles. The number of nitrogens with two attached hydrogens (primary N) is 1. The minimum Gasteiger partial charge on any atom is -0.398 e. The summed E-state index contributed by atoms with van der Waals surface area (Å²) >= 11 is 1.85. The maximum atomic E-state index is 5.99. The fourth-order valence-corrected chi connectivity index (χ4v) is 3.52. The van der Waals surface area contributed by atoms with E-state index in [-0.39, 0.29) is 0 Å². The first kappa shape index (κ1) is 8.98. The molecule has 1 unspecified atom stereocenters. The van der Waals surface area contributed by atoms with Gasteiger partial charge in [0.25, 0.3) is 0 Å². The molecule has 1 aliphatic rings. The quantitative estimate of drug-likeness (QED) is 0.666. The molecule has 1 nitrogen and oxygen atoms in total. The summed E-state index contributed by atoms with van der Waals surface area (Å²) in [6, 6.07) is 6.19. The van der Waals surface area contributed by atoms with Crippen LogP contribution in [0.15, 0.2) is 24.3 Å². The standard InChI is InChI=1S/C13H13NS/c1-8-5-6-9-10-3-2-4-11(14)13(10)15-12(9)7-8/h2-6,8H,7,14H2,1H3. The van der Waals surface area contributed by atoms with Gasteiger partial charge in [-0.3, -0.25) is 0 Å². The third-order valence-electron chi connectivity index (χ3n) is 2.96. The number of hydrogen-bond acceptors (Lipinski definition) is 2. The molecular formula is C13H13NS. The van der Waals surface area contributed by atoms with E-state index in [4.69, 9.17) is 5.73 Å². The second-order valence-corrected chi connectivity index (χ2v) is 5.31. The topological polar surface area (TPSA) is 26.0 Å². The zero-order valence-corrected chi connectivity index (χ0v) is 9.47. The van der Waals surface area contributed by atoms with Crippen molar-refractivity contribution in [1.82, 2.24) is 0 Å². The van der Waals surface area contributed by atoms with Crippen LogP contribution in [0.1, 0.15) is 17.4 Å². The number of rotatable bonds is 0. The molecular weight excluding hydrogens is 202 g/mol. The number of hydrogen-bond donors (Lipinski definition) is 1. The summed E-state index contributed by atoms with van der Waals surface area (Å²) in [5, 5.41) is 1.32. The Labute approximate surface area is 93.2 Å². The summed E-state index contributed by atoms with van der Waals surface area (Å²) < 4.78 is 1.25. The summed E-state index contributed by atoms with van der Waals surface area (Å²) in [6.07, 6.45) is 5.70. The van der Waals surface area contributed by atoms with Gasteiger partial charge in [-0.1, -0.05) is 31.2 Å². The van der Waals surface area contributed by atoms with E-state index < -0.39 is 0 Å². The van der Waals surface area contributed by atoms with Crippen molar-refractivity contribution in [1.29, 1.82) is 0 Å². The van der Waals surface area contributed by atoms with Crippen LogP contribution in [0.4, 0.5) is 5.69 Å². The Kier molecular flexibility index (Phi) is 1.86. The Bertz CT molecular complexity index is 551. The van der Waals surface area contributed by atoms with Crippen molar-refractivity contribution < 1.29 is 0 Å². The highest BCUT2D eigenvalue weighted by Gasteiger charge is 2.16. The van der Waals surface area contributed by atoms with Crippen LogP contribution in [0.3, 0.4) is 0 Å². The average molecular weight is 215 g/mol. The highest BCUT2D eigenvalue weighted by molar-refractivity contribution is 7.20. The van der Waals surface area contributed by atoms with Gasteiger partial charge in [-0.25, -0.2) is 0 Å². The van der Waals surface area contributed by atoms with Crippen LogP contribution >= 0.6 is 11.3 Å². The van der Waals surface area contributed by atoms with E-state index in [0.717, 1.165) is 12.1 Å². The summed E-state index contributed by atoms with van der Waals surface area (Å²) in [7, 11) is 0. The Morgan fingerprint density at radius 1 is 1.40 bits per heavy atom. The van der Waals surface area contributed by atoms with Crippen LogP contribution in [-0.4, -0.2) is 0 Å². The Morgan fingerprint density at radius 2 is 2.27 bits per heavy atom. The molecule has 0 spiro atoms. The third-order valence-corrected chi connectivity index (χ3v) is 4.25. The average Bonchev–Trinajstić information content (AvgIpc) is 2.57. The van der Waals surface area contributed by atoms with Crippen molar-refractivity contribution >= 4 is 33.2 Å². The molecule has 1 aromatic carbocycles. The molecule has 3 rings (SSSR count). The molecule has 1 atom stereocenters. The predicted octanol–water partition coefficient (Wildman–Crippen LogP) is 3.69. The number of fused-ring (bicyclic) bond motifs is 3. The predicted molar refractivity (Wildman–Crippen MR) is 68.1 cm³/mol. The van der Waals surface area contributed by atoms with Crippen molar-refractivity contribution in [3.8, 4) is 0 Å². The van der Waals surface area contributed by atoms with Crippen molar-refractivity contribution in [3.63, 3.8) is 0 Å². The lowest BCUT2D eigenvalue weighted by Gasteiger charge is -2.10. The van der Waals surface area contributed by atoms with Crippen LogP contribution < -0.4 is 5.73 Å². The number of allylic oxidation sites excluding steroid dienone is 1. The lowest BCUT2D eigenvalue weighted by atomic mass is 9.96. The smallest absolute Gasteiger partial charge is 0.0581 e. The largest absolute Gasteiger partial charge is 0.398 e. The van der Waals surface area contributed by atoms with Crippen LogP contribution in [0.25, 0.3) is 16.2 Å². The van der Waals surface area contributed by atoms with E-state index >= 15 is 0 Å². The lowest BCUT2D eigenvalue weighted by molar-refractivity contribution is 0.728. The van der Waals surface area contributed by atoms with E-state index in [2.05, 4.69) is 25.1 Å². The third kappa shape index (κ3) is 1.29. The second-order valence-electron chi connectivity index (χ2n) is 4.20. The molecule has 0 saturated carbocycles. The van der Waals surface area contributed by atoms with Gasteiger partial charge in [0.15, 0.2) is 0 Å². The monoisotopic (exact) mass is 215 g/mol. The molecule has 2 heteroatoms. The Balaban J connectivity index is 2.34. The van der Waals surface area contributed by atoms with Crippen LogP contribution in [0.2, 0.25) is 0 Å². The molecule has 1 aromatic heterocycles. The normalized spacial score (nSPS) is 19.4. The maximum absolute atomic E-state index is 5.99. The highest BCUT2D eigenvalue weighted by Crippen LogP contribution is 2.39. The van der Waals surface area contributed by atoms with Gasteiger partial charge in [0, 0.05) is 16.0 Å². The fraction of sp³-hybridized carbons (Fsp3) is 0.231. The van der Waals surface area contributed by atoms with E-state index in [9.17, 15) is 0 Å². The number of anilines is 1. The minimum absolute atomic E-state index is 0.659. The van der Waals surface area contributed by atoms with E-state index in [0.29, 0.717) is 5.92 Å². The minimum atomic E-state index is 0.659. The summed E-state index contributed by atoms with van der Waals surface area (Å²) in [5.41, 5.74) is 8.29. The molecule has 0 radical (unpaired) electrons. The molecule has 1 aliphatic carbocycles. The van der Waals surface area contributed by atoms with Gasteiger partial charge in [0.05, 0.1) is 4.70 Å². The number of nitrogen functional groups attached to an aromatic ring is 1. The van der Waals surface area contributed by atoms with Crippen LogP contribution in [0, 0.1) is 5.92 Å². The molecule has 2 N–H and O–H groups in total. The first-order chi connectivity index (χ1) is 7.25. The molecule has 0 fully saturated rings. The van der Waals surface area contributed by atoms with Gasteiger partial charge in [-0.2, -0.15) is 0 Å². The molecule has 0 bridgehead atoms. The van der Waals surface area contributed by atoms with E-state index in [1.54, 1.807) is 0 Å². The molecule has 1 heterocycles. The number of thiophene rings is 1. The molecule has 15 heavy (non-hydrogen) atoms. The van der Waals surface area contributed by atoms with Crippen LogP contribution in [-0.2, 0) is 6.42 Å². The van der Waals surface area contributed by atoms with Gasteiger partial charge < -0.3 is 5.73 Å².